The second-order valence-corrected chi connectivity index (χ2v) is 4.72. The quantitative estimate of drug-likeness (QED) is 0.680. The maximum Gasteiger partial charge on any atom is 0.149 e. The van der Waals surface area contributed by atoms with Crippen LogP contribution in [0.1, 0.15) is 32.1 Å². The van der Waals surface area contributed by atoms with E-state index in [0.29, 0.717) is 0 Å². The topological polar surface area (TPSA) is 37.0 Å². The van der Waals surface area contributed by atoms with E-state index >= 15 is 0 Å². The van der Waals surface area contributed by atoms with Gasteiger partial charge in [-0.2, -0.15) is 0 Å². The van der Waals surface area contributed by atoms with Crippen LogP contribution in [0, 0.1) is 0 Å². The Balaban J connectivity index is 1.87. The van der Waals surface area contributed by atoms with Crippen LogP contribution < -0.4 is 10.6 Å². The third kappa shape index (κ3) is 1.56. The van der Waals surface area contributed by atoms with E-state index in [4.69, 9.17) is 0 Å². The first-order valence-corrected chi connectivity index (χ1v) is 5.85. The van der Waals surface area contributed by atoms with Gasteiger partial charge in [0.05, 0.1) is 11.2 Å². The molecule has 0 aromatic carbocycles. The van der Waals surface area contributed by atoms with Crippen LogP contribution in [-0.2, 0) is 0 Å². The van der Waals surface area contributed by atoms with E-state index in [1.165, 1.54) is 32.1 Å². The second-order valence-electron chi connectivity index (χ2n) is 4.72. The molecular weight excluding hydrogens is 186 g/mol. The van der Waals surface area contributed by atoms with Gasteiger partial charge in [-0.05, 0) is 25.0 Å². The van der Waals surface area contributed by atoms with E-state index in [1.54, 1.807) is 0 Å². The molecule has 3 nitrogen and oxygen atoms in total. The zero-order chi connectivity index (χ0) is 10.1. The van der Waals surface area contributed by atoms with Crippen LogP contribution >= 0.6 is 0 Å². The van der Waals surface area contributed by atoms with Crippen molar-refractivity contribution in [3.8, 4) is 0 Å². The summed E-state index contributed by atoms with van der Waals surface area (Å²) in [6.07, 6.45) is 8.48. The van der Waals surface area contributed by atoms with Crippen molar-refractivity contribution in [3.63, 3.8) is 0 Å². The number of rotatable bonds is 0. The second kappa shape index (κ2) is 3.40. The average Bonchev–Trinajstić information content (AvgIpc) is 2.30. The Kier molecular flexibility index (Phi) is 2.04. The molecule has 1 aliphatic carbocycles. The van der Waals surface area contributed by atoms with Crippen molar-refractivity contribution in [2.24, 2.45) is 0 Å². The summed E-state index contributed by atoms with van der Waals surface area (Å²) in [7, 11) is 0. The molecule has 1 aliphatic heterocycles. The molecular formula is C12H17N3. The Hall–Kier alpha value is -1.25. The highest BCUT2D eigenvalue weighted by Crippen LogP contribution is 2.36. The van der Waals surface area contributed by atoms with Crippen molar-refractivity contribution in [2.75, 3.05) is 17.2 Å². The van der Waals surface area contributed by atoms with Crippen LogP contribution in [-0.4, -0.2) is 17.1 Å². The van der Waals surface area contributed by atoms with Crippen LogP contribution in [0.3, 0.4) is 0 Å². The molecule has 0 radical (unpaired) electrons. The lowest BCUT2D eigenvalue weighted by Crippen LogP contribution is -2.49. The average molecular weight is 203 g/mol. The van der Waals surface area contributed by atoms with Gasteiger partial charge in [0.1, 0.15) is 5.82 Å². The van der Waals surface area contributed by atoms with Crippen molar-refractivity contribution < 1.29 is 0 Å². The third-order valence-electron chi connectivity index (χ3n) is 3.62. The Morgan fingerprint density at radius 1 is 1.20 bits per heavy atom. The number of nitrogens with one attached hydrogen (secondary N) is 2. The lowest BCUT2D eigenvalue weighted by atomic mass is 9.80. The fourth-order valence-corrected chi connectivity index (χ4v) is 2.74. The number of nitrogens with zero attached hydrogens (tertiary/aromatic N) is 1. The van der Waals surface area contributed by atoms with Gasteiger partial charge in [0.2, 0.25) is 0 Å². The molecule has 15 heavy (non-hydrogen) atoms. The zero-order valence-electron chi connectivity index (χ0n) is 8.92. The van der Waals surface area contributed by atoms with E-state index in [0.717, 1.165) is 18.1 Å². The van der Waals surface area contributed by atoms with Gasteiger partial charge < -0.3 is 10.6 Å². The number of fused-ring (bicyclic) bond motifs is 1. The van der Waals surface area contributed by atoms with Gasteiger partial charge in [-0.25, -0.2) is 4.98 Å². The Morgan fingerprint density at radius 3 is 2.93 bits per heavy atom. The van der Waals surface area contributed by atoms with E-state index in [2.05, 4.69) is 21.7 Å². The van der Waals surface area contributed by atoms with E-state index in [-0.39, 0.29) is 5.54 Å². The van der Waals surface area contributed by atoms with Gasteiger partial charge in [0, 0.05) is 12.7 Å². The first-order valence-electron chi connectivity index (χ1n) is 5.85. The van der Waals surface area contributed by atoms with Crippen molar-refractivity contribution in [1.29, 1.82) is 0 Å². The van der Waals surface area contributed by atoms with Crippen molar-refractivity contribution in [3.05, 3.63) is 18.3 Å². The van der Waals surface area contributed by atoms with E-state index in [9.17, 15) is 0 Å². The highest BCUT2D eigenvalue weighted by molar-refractivity contribution is 5.67. The number of aromatic nitrogens is 1. The molecule has 2 heterocycles. The fourth-order valence-electron chi connectivity index (χ4n) is 2.74. The van der Waals surface area contributed by atoms with E-state index in [1.807, 2.05) is 12.3 Å². The van der Waals surface area contributed by atoms with Gasteiger partial charge in [0.25, 0.3) is 0 Å². The maximum atomic E-state index is 4.40. The molecule has 0 bridgehead atoms. The molecule has 0 atom stereocenters. The predicted molar refractivity (Wildman–Crippen MR) is 62.2 cm³/mol. The minimum atomic E-state index is 0.277. The maximum absolute atomic E-state index is 4.40. The highest BCUT2D eigenvalue weighted by Gasteiger charge is 2.35. The summed E-state index contributed by atoms with van der Waals surface area (Å²) in [6, 6.07) is 4.07. The predicted octanol–water partition coefficient (Wildman–Crippen LogP) is 2.62. The normalized spacial score (nSPS) is 22.7. The molecule has 2 N–H and O–H groups in total. The van der Waals surface area contributed by atoms with Crippen molar-refractivity contribution >= 4 is 11.5 Å². The molecule has 2 aliphatic rings. The van der Waals surface area contributed by atoms with Crippen LogP contribution in [0.4, 0.5) is 11.5 Å². The Labute approximate surface area is 90.3 Å². The molecule has 3 rings (SSSR count). The number of hydrogen-bond donors (Lipinski definition) is 2. The Bertz CT molecular complexity index is 356. The molecule has 1 aromatic heterocycles. The summed E-state index contributed by atoms with van der Waals surface area (Å²) in [4.78, 5) is 4.40. The van der Waals surface area contributed by atoms with Crippen LogP contribution in [0.25, 0.3) is 0 Å². The Morgan fingerprint density at radius 2 is 2.07 bits per heavy atom. The first kappa shape index (κ1) is 9.01. The monoisotopic (exact) mass is 203 g/mol. The molecule has 1 aromatic rings. The summed E-state index contributed by atoms with van der Waals surface area (Å²) in [5.41, 5.74) is 1.42. The summed E-state index contributed by atoms with van der Waals surface area (Å²) in [5.74, 6) is 1.03. The minimum absolute atomic E-state index is 0.277. The van der Waals surface area contributed by atoms with Gasteiger partial charge in [-0.15, -0.1) is 0 Å². The van der Waals surface area contributed by atoms with E-state index < -0.39 is 0 Å². The highest BCUT2D eigenvalue weighted by atomic mass is 15.2. The molecule has 1 fully saturated rings. The summed E-state index contributed by atoms with van der Waals surface area (Å²) >= 11 is 0. The van der Waals surface area contributed by atoms with Gasteiger partial charge in [-0.3, -0.25) is 0 Å². The summed E-state index contributed by atoms with van der Waals surface area (Å²) in [6.45, 7) is 1.05. The molecule has 80 valence electrons. The molecule has 0 saturated heterocycles. The van der Waals surface area contributed by atoms with Crippen molar-refractivity contribution in [1.82, 2.24) is 4.98 Å². The molecule has 3 heteroatoms. The molecule has 1 saturated carbocycles. The number of pyridine rings is 1. The third-order valence-corrected chi connectivity index (χ3v) is 3.62. The SMILES string of the molecule is c1cnc2c(c1)NCC1(CCCCC1)N2. The van der Waals surface area contributed by atoms with Crippen LogP contribution in [0.15, 0.2) is 18.3 Å². The zero-order valence-corrected chi connectivity index (χ0v) is 8.92. The minimum Gasteiger partial charge on any atom is -0.380 e. The van der Waals surface area contributed by atoms with Crippen LogP contribution in [0.2, 0.25) is 0 Å². The number of anilines is 2. The standard InChI is InChI=1S/C12H17N3/c1-2-6-12(7-3-1)9-14-10-5-4-8-13-11(10)15-12/h4-5,8,14H,1-3,6-7,9H2,(H,13,15). The molecule has 1 spiro atoms. The van der Waals surface area contributed by atoms with Gasteiger partial charge >= 0.3 is 0 Å². The largest absolute Gasteiger partial charge is 0.380 e. The van der Waals surface area contributed by atoms with Crippen LogP contribution in [0.5, 0.6) is 0 Å². The molecule has 0 amide bonds. The van der Waals surface area contributed by atoms with Gasteiger partial charge in [0.15, 0.2) is 0 Å². The lowest BCUT2D eigenvalue weighted by molar-refractivity contribution is 0.333. The summed E-state index contributed by atoms with van der Waals surface area (Å²) < 4.78 is 0. The van der Waals surface area contributed by atoms with Crippen molar-refractivity contribution in [2.45, 2.75) is 37.6 Å². The summed E-state index contributed by atoms with van der Waals surface area (Å²) in [5, 5.41) is 7.14. The smallest absolute Gasteiger partial charge is 0.149 e. The fraction of sp³-hybridized carbons (Fsp3) is 0.583. The molecule has 0 unspecified atom stereocenters. The number of hydrogen-bond acceptors (Lipinski definition) is 3. The van der Waals surface area contributed by atoms with Gasteiger partial charge in [-0.1, -0.05) is 19.3 Å². The lowest BCUT2D eigenvalue weighted by Gasteiger charge is -2.42. The first-order chi connectivity index (χ1) is 7.38.